The van der Waals surface area contributed by atoms with Crippen LogP contribution < -0.4 is 0 Å². The molecule has 6 nitrogen and oxygen atoms in total. The second-order valence-corrected chi connectivity index (χ2v) is 20.7. The molecular weight excluding hydrogens is 719 g/mol. The number of carbonyl (C=O) groups is 2. The van der Waals surface area contributed by atoms with Crippen molar-refractivity contribution in [2.24, 2.45) is 34.5 Å². The summed E-state index contributed by atoms with van der Waals surface area (Å²) in [5, 5.41) is 9.38. The van der Waals surface area contributed by atoms with Gasteiger partial charge in [0.1, 0.15) is 0 Å². The molecule has 0 aromatic heterocycles. The number of carbonyl (C=O) groups excluding carboxylic acids is 2. The van der Waals surface area contributed by atoms with Crippen LogP contribution in [0.25, 0.3) is 0 Å². The van der Waals surface area contributed by atoms with Gasteiger partial charge in [-0.2, -0.15) is 0 Å². The highest BCUT2D eigenvalue weighted by Gasteiger charge is 2.49. The molecule has 4 fully saturated rings. The van der Waals surface area contributed by atoms with E-state index in [4.69, 9.17) is 9.47 Å². The van der Waals surface area contributed by atoms with Gasteiger partial charge in [0, 0.05) is 6.61 Å². The molecule has 2 atom stereocenters. The van der Waals surface area contributed by atoms with E-state index in [9.17, 15) is 14.7 Å². The highest BCUT2D eigenvalue weighted by atomic mass is 16.5. The molecular formula is C52H95NO5. The van der Waals surface area contributed by atoms with Crippen LogP contribution in [0.5, 0.6) is 0 Å². The third-order valence-electron chi connectivity index (χ3n) is 15.5. The third-order valence-corrected chi connectivity index (χ3v) is 15.5. The number of aliphatic hydroxyl groups excluding tert-OH is 1. The molecule has 1 N–H and O–H groups in total. The van der Waals surface area contributed by atoms with Crippen LogP contribution in [-0.4, -0.2) is 61.4 Å². The van der Waals surface area contributed by atoms with Gasteiger partial charge < -0.3 is 19.5 Å². The molecule has 58 heavy (non-hydrogen) atoms. The van der Waals surface area contributed by atoms with Gasteiger partial charge in [0.2, 0.25) is 0 Å². The fourth-order valence-corrected chi connectivity index (χ4v) is 11.6. The van der Waals surface area contributed by atoms with E-state index in [0.29, 0.717) is 24.0 Å². The molecule has 6 heteroatoms. The second-order valence-electron chi connectivity index (χ2n) is 20.7. The van der Waals surface area contributed by atoms with Crippen molar-refractivity contribution in [3.05, 3.63) is 0 Å². The van der Waals surface area contributed by atoms with E-state index in [-0.39, 0.29) is 30.4 Å². The Bertz CT molecular complexity index is 976. The maximum Gasteiger partial charge on any atom is 0.308 e. The number of ether oxygens (including phenoxy) is 2. The number of rotatable bonds is 38. The molecule has 0 aromatic rings. The van der Waals surface area contributed by atoms with Crippen molar-refractivity contribution in [1.82, 2.24) is 4.90 Å². The standard InChI is InChI=1S/C52H95NO5/c1-3-5-7-9-11-17-27-47(39-45-41-51(42-45)29-25-30-51)49(55)57-37-23-15-13-19-33-53(35-21-22-36-54)34-20-14-16-24-38-58-50(56)48(28-18-12-10-8-6-4-2)40-46-43-52(44-46)31-26-32-52/h45-48,54H,3-44H2,1-2H3. The van der Waals surface area contributed by atoms with Crippen molar-refractivity contribution < 1.29 is 24.2 Å². The largest absolute Gasteiger partial charge is 0.465 e. The minimum absolute atomic E-state index is 0.0922. The molecule has 338 valence electrons. The zero-order valence-electron chi connectivity index (χ0n) is 38.5. The van der Waals surface area contributed by atoms with Crippen LogP contribution in [0.4, 0.5) is 0 Å². The molecule has 0 aromatic carbocycles. The van der Waals surface area contributed by atoms with Crippen molar-refractivity contribution >= 4 is 11.9 Å². The van der Waals surface area contributed by atoms with Gasteiger partial charge in [0.15, 0.2) is 0 Å². The topological polar surface area (TPSA) is 76.1 Å². The summed E-state index contributed by atoms with van der Waals surface area (Å²) in [6.07, 6.45) is 44.3. The van der Waals surface area contributed by atoms with Gasteiger partial charge in [0.25, 0.3) is 0 Å². The molecule has 4 saturated carbocycles. The van der Waals surface area contributed by atoms with Gasteiger partial charge in [-0.15, -0.1) is 0 Å². The van der Waals surface area contributed by atoms with Gasteiger partial charge in [-0.05, 0) is 158 Å². The summed E-state index contributed by atoms with van der Waals surface area (Å²) in [7, 11) is 0. The molecule has 0 saturated heterocycles. The van der Waals surface area contributed by atoms with E-state index < -0.39 is 0 Å². The quantitative estimate of drug-likeness (QED) is 0.0494. The molecule has 2 unspecified atom stereocenters. The van der Waals surface area contributed by atoms with Crippen LogP contribution in [-0.2, 0) is 19.1 Å². The zero-order valence-corrected chi connectivity index (χ0v) is 38.5. The predicted octanol–water partition coefficient (Wildman–Crippen LogP) is 13.9. The molecule has 4 rings (SSSR count). The minimum Gasteiger partial charge on any atom is -0.465 e. The van der Waals surface area contributed by atoms with E-state index in [1.54, 1.807) is 0 Å². The molecule has 0 heterocycles. The number of esters is 2. The lowest BCUT2D eigenvalue weighted by atomic mass is 9.50. The van der Waals surface area contributed by atoms with Crippen molar-refractivity contribution in [1.29, 1.82) is 0 Å². The Labute approximate surface area is 358 Å². The molecule has 0 bridgehead atoms. The van der Waals surface area contributed by atoms with Gasteiger partial charge >= 0.3 is 11.9 Å². The Balaban J connectivity index is 1.04. The SMILES string of the molecule is CCCCCCCCC(CC1CC2(CCC2)C1)C(=O)OCCCCCCN(CCCCO)CCCCCCOC(=O)C(CCCCCCCC)CC1CC2(CCC2)C1. The van der Waals surface area contributed by atoms with Crippen LogP contribution in [0.3, 0.4) is 0 Å². The van der Waals surface area contributed by atoms with Gasteiger partial charge in [0.05, 0.1) is 25.0 Å². The van der Waals surface area contributed by atoms with Crippen molar-refractivity contribution in [3.63, 3.8) is 0 Å². The monoisotopic (exact) mass is 814 g/mol. The van der Waals surface area contributed by atoms with E-state index >= 15 is 0 Å². The van der Waals surface area contributed by atoms with Crippen LogP contribution in [0, 0.1) is 34.5 Å². The summed E-state index contributed by atoms with van der Waals surface area (Å²) in [6.45, 7) is 9.24. The fourth-order valence-electron chi connectivity index (χ4n) is 11.6. The Morgan fingerprint density at radius 2 is 0.879 bits per heavy atom. The van der Waals surface area contributed by atoms with E-state index in [0.717, 1.165) is 95.7 Å². The first kappa shape index (κ1) is 49.5. The normalized spacial score (nSPS) is 20.3. The van der Waals surface area contributed by atoms with Crippen LogP contribution in [0.15, 0.2) is 0 Å². The van der Waals surface area contributed by atoms with Crippen molar-refractivity contribution in [2.75, 3.05) is 39.5 Å². The smallest absolute Gasteiger partial charge is 0.308 e. The molecule has 4 aliphatic carbocycles. The summed E-state index contributed by atoms with van der Waals surface area (Å²) in [5.74, 6) is 1.92. The van der Waals surface area contributed by atoms with Crippen LogP contribution >= 0.6 is 0 Å². The average Bonchev–Trinajstić information content (AvgIpc) is 3.15. The first-order valence-electron chi connectivity index (χ1n) is 26.1. The summed E-state index contributed by atoms with van der Waals surface area (Å²) < 4.78 is 11.9. The first-order chi connectivity index (χ1) is 28.4. The molecule has 0 radical (unpaired) electrons. The minimum atomic E-state index is 0.0922. The Hall–Kier alpha value is -1.14. The third kappa shape index (κ3) is 18.9. The lowest BCUT2D eigenvalue weighted by Gasteiger charge is -2.55. The second kappa shape index (κ2) is 29.2. The fraction of sp³-hybridized carbons (Fsp3) is 0.962. The van der Waals surface area contributed by atoms with Crippen molar-refractivity contribution in [3.8, 4) is 0 Å². The highest BCUT2D eigenvalue weighted by molar-refractivity contribution is 5.72. The van der Waals surface area contributed by atoms with Gasteiger partial charge in [-0.1, -0.05) is 129 Å². The first-order valence-corrected chi connectivity index (χ1v) is 26.1. The summed E-state index contributed by atoms with van der Waals surface area (Å²) in [6, 6.07) is 0. The maximum atomic E-state index is 13.2. The lowest BCUT2D eigenvalue weighted by Crippen LogP contribution is -2.43. The molecule has 0 aliphatic heterocycles. The van der Waals surface area contributed by atoms with E-state index in [1.807, 2.05) is 0 Å². The van der Waals surface area contributed by atoms with E-state index in [1.165, 1.54) is 167 Å². The number of hydrogen-bond donors (Lipinski definition) is 1. The van der Waals surface area contributed by atoms with Gasteiger partial charge in [-0.25, -0.2) is 0 Å². The lowest BCUT2D eigenvalue weighted by molar-refractivity contribution is -0.152. The number of nitrogens with zero attached hydrogens (tertiary/aromatic N) is 1. The zero-order chi connectivity index (χ0) is 41.2. The predicted molar refractivity (Wildman–Crippen MR) is 242 cm³/mol. The molecule has 4 aliphatic rings. The summed E-state index contributed by atoms with van der Waals surface area (Å²) in [5.41, 5.74) is 1.35. The molecule has 2 spiro atoms. The molecule has 0 amide bonds. The Morgan fingerprint density at radius 1 is 0.517 bits per heavy atom. The average molecular weight is 814 g/mol. The Morgan fingerprint density at radius 3 is 1.26 bits per heavy atom. The van der Waals surface area contributed by atoms with Crippen LogP contribution in [0.2, 0.25) is 0 Å². The maximum absolute atomic E-state index is 13.2. The summed E-state index contributed by atoms with van der Waals surface area (Å²) >= 11 is 0. The Kier molecular flexibility index (Phi) is 24.9. The number of unbranched alkanes of at least 4 members (excludes halogenated alkanes) is 17. The number of hydrogen-bond acceptors (Lipinski definition) is 6. The van der Waals surface area contributed by atoms with E-state index in [2.05, 4.69) is 18.7 Å². The summed E-state index contributed by atoms with van der Waals surface area (Å²) in [4.78, 5) is 29.1. The van der Waals surface area contributed by atoms with Crippen molar-refractivity contribution in [2.45, 2.75) is 245 Å². The van der Waals surface area contributed by atoms with Gasteiger partial charge in [-0.3, -0.25) is 9.59 Å². The highest BCUT2D eigenvalue weighted by Crippen LogP contribution is 2.61. The number of aliphatic hydroxyl groups is 1. The van der Waals surface area contributed by atoms with Crippen LogP contribution in [0.1, 0.15) is 245 Å².